The van der Waals surface area contributed by atoms with E-state index in [0.717, 1.165) is 22.0 Å². The smallest absolute Gasteiger partial charge is 0.317 e. The maximum Gasteiger partial charge on any atom is 0.317 e. The number of aryl methyl sites for hydroxylation is 1. The molecule has 2 aromatic rings. The van der Waals surface area contributed by atoms with Crippen LogP contribution in [-0.2, 0) is 13.1 Å². The normalized spacial score (nSPS) is 10.2. The molecule has 0 unspecified atom stereocenters. The molecule has 6 heteroatoms. The first kappa shape index (κ1) is 15.3. The summed E-state index contributed by atoms with van der Waals surface area (Å²) in [4.78, 5) is 18.0. The molecule has 112 valence electrons. The standard InChI is InChI=1S/C15H19N3O2S/c1-11-17-13(10-21-11)8-16-15(19)18(2)9-12-5-4-6-14(7-12)20-3/h4-7,10H,8-9H2,1-3H3,(H,16,19). The summed E-state index contributed by atoms with van der Waals surface area (Å²) in [5.41, 5.74) is 1.91. The van der Waals surface area contributed by atoms with Crippen molar-refractivity contribution in [2.45, 2.75) is 20.0 Å². The van der Waals surface area contributed by atoms with E-state index in [-0.39, 0.29) is 6.03 Å². The summed E-state index contributed by atoms with van der Waals surface area (Å²) in [7, 11) is 3.40. The van der Waals surface area contributed by atoms with Crippen LogP contribution in [0.4, 0.5) is 4.79 Å². The van der Waals surface area contributed by atoms with Gasteiger partial charge in [-0.15, -0.1) is 11.3 Å². The molecule has 1 aromatic heterocycles. The molecule has 1 N–H and O–H groups in total. The van der Waals surface area contributed by atoms with Crippen molar-refractivity contribution >= 4 is 17.4 Å². The lowest BCUT2D eigenvalue weighted by atomic mass is 10.2. The van der Waals surface area contributed by atoms with Gasteiger partial charge in [0.1, 0.15) is 5.75 Å². The number of carbonyl (C=O) groups is 1. The average molecular weight is 305 g/mol. The van der Waals surface area contributed by atoms with Crippen LogP contribution in [0.15, 0.2) is 29.6 Å². The van der Waals surface area contributed by atoms with E-state index in [9.17, 15) is 4.79 Å². The zero-order valence-electron chi connectivity index (χ0n) is 12.4. The molecule has 2 rings (SSSR count). The highest BCUT2D eigenvalue weighted by Gasteiger charge is 2.10. The highest BCUT2D eigenvalue weighted by Crippen LogP contribution is 2.14. The van der Waals surface area contributed by atoms with Crippen molar-refractivity contribution in [3.8, 4) is 5.75 Å². The molecule has 0 saturated carbocycles. The Morgan fingerprint density at radius 1 is 1.48 bits per heavy atom. The van der Waals surface area contributed by atoms with Gasteiger partial charge in [-0.3, -0.25) is 0 Å². The van der Waals surface area contributed by atoms with E-state index in [1.807, 2.05) is 36.6 Å². The van der Waals surface area contributed by atoms with Gasteiger partial charge < -0.3 is 15.0 Å². The Kier molecular flexibility index (Phi) is 5.16. The predicted octanol–water partition coefficient (Wildman–Crippen LogP) is 2.80. The zero-order chi connectivity index (χ0) is 15.2. The molecule has 0 saturated heterocycles. The molecule has 1 aromatic carbocycles. The first-order chi connectivity index (χ1) is 10.1. The highest BCUT2D eigenvalue weighted by atomic mass is 32.1. The summed E-state index contributed by atoms with van der Waals surface area (Å²) in [5, 5.41) is 5.82. The molecule has 1 heterocycles. The van der Waals surface area contributed by atoms with Gasteiger partial charge in [0.05, 0.1) is 24.4 Å². The molecular formula is C15H19N3O2S. The number of carbonyl (C=O) groups excluding carboxylic acids is 1. The van der Waals surface area contributed by atoms with Crippen LogP contribution in [0.3, 0.4) is 0 Å². The van der Waals surface area contributed by atoms with Crippen LogP contribution < -0.4 is 10.1 Å². The van der Waals surface area contributed by atoms with Crippen molar-refractivity contribution in [1.82, 2.24) is 15.2 Å². The van der Waals surface area contributed by atoms with Crippen LogP contribution in [0.2, 0.25) is 0 Å². The van der Waals surface area contributed by atoms with Crippen LogP contribution in [-0.4, -0.2) is 30.1 Å². The van der Waals surface area contributed by atoms with Crippen molar-refractivity contribution in [3.05, 3.63) is 45.9 Å². The lowest BCUT2D eigenvalue weighted by Crippen LogP contribution is -2.36. The third kappa shape index (κ3) is 4.46. The Labute approximate surface area is 128 Å². The molecule has 5 nitrogen and oxygen atoms in total. The SMILES string of the molecule is COc1cccc(CN(C)C(=O)NCc2csc(C)n2)c1. The van der Waals surface area contributed by atoms with Gasteiger partial charge in [0.2, 0.25) is 0 Å². The summed E-state index contributed by atoms with van der Waals surface area (Å²) in [6, 6.07) is 7.57. The number of hydrogen-bond acceptors (Lipinski definition) is 4. The van der Waals surface area contributed by atoms with Gasteiger partial charge in [0.15, 0.2) is 0 Å². The zero-order valence-corrected chi connectivity index (χ0v) is 13.2. The van der Waals surface area contributed by atoms with Crippen LogP contribution in [0.25, 0.3) is 0 Å². The molecule has 2 amide bonds. The molecular weight excluding hydrogens is 286 g/mol. The molecule has 0 aliphatic carbocycles. The first-order valence-corrected chi connectivity index (χ1v) is 7.49. The number of methoxy groups -OCH3 is 1. The van der Waals surface area contributed by atoms with Crippen molar-refractivity contribution in [2.75, 3.05) is 14.2 Å². The van der Waals surface area contributed by atoms with E-state index in [4.69, 9.17) is 4.74 Å². The fourth-order valence-electron chi connectivity index (χ4n) is 1.91. The van der Waals surface area contributed by atoms with Crippen LogP contribution in [0.5, 0.6) is 5.75 Å². The largest absolute Gasteiger partial charge is 0.497 e. The first-order valence-electron chi connectivity index (χ1n) is 6.61. The maximum atomic E-state index is 12.0. The van der Waals surface area contributed by atoms with Crippen molar-refractivity contribution in [1.29, 1.82) is 0 Å². The van der Waals surface area contributed by atoms with Crippen molar-refractivity contribution in [3.63, 3.8) is 0 Å². The number of thiazole rings is 1. The van der Waals surface area contributed by atoms with Crippen LogP contribution >= 0.6 is 11.3 Å². The van der Waals surface area contributed by atoms with Gasteiger partial charge in [-0.1, -0.05) is 12.1 Å². The van der Waals surface area contributed by atoms with Gasteiger partial charge in [0.25, 0.3) is 0 Å². The van der Waals surface area contributed by atoms with Gasteiger partial charge in [0, 0.05) is 19.0 Å². The van der Waals surface area contributed by atoms with E-state index in [1.54, 1.807) is 30.4 Å². The fraction of sp³-hybridized carbons (Fsp3) is 0.333. The minimum absolute atomic E-state index is 0.122. The summed E-state index contributed by atoms with van der Waals surface area (Å²) in [5.74, 6) is 0.791. The lowest BCUT2D eigenvalue weighted by molar-refractivity contribution is 0.206. The number of nitrogens with zero attached hydrogens (tertiary/aromatic N) is 2. The molecule has 0 spiro atoms. The number of nitrogens with one attached hydrogen (secondary N) is 1. The molecule has 0 bridgehead atoms. The summed E-state index contributed by atoms with van der Waals surface area (Å²) < 4.78 is 5.18. The molecule has 0 aliphatic rings. The number of amides is 2. The monoisotopic (exact) mass is 305 g/mol. The topological polar surface area (TPSA) is 54.5 Å². The van der Waals surface area contributed by atoms with Gasteiger partial charge in [-0.05, 0) is 24.6 Å². The molecule has 0 aliphatic heterocycles. The Bertz CT molecular complexity index is 612. The summed E-state index contributed by atoms with van der Waals surface area (Å²) in [6.07, 6.45) is 0. The second-order valence-corrected chi connectivity index (χ2v) is 5.79. The van der Waals surface area contributed by atoms with Crippen LogP contribution in [0, 0.1) is 6.92 Å². The van der Waals surface area contributed by atoms with E-state index in [2.05, 4.69) is 10.3 Å². The molecule has 0 fully saturated rings. The quantitative estimate of drug-likeness (QED) is 0.924. The second-order valence-electron chi connectivity index (χ2n) is 4.72. The third-order valence-electron chi connectivity index (χ3n) is 2.99. The Morgan fingerprint density at radius 3 is 2.95 bits per heavy atom. The van der Waals surface area contributed by atoms with E-state index in [1.165, 1.54) is 0 Å². The Hall–Kier alpha value is -2.08. The number of urea groups is 1. The Morgan fingerprint density at radius 2 is 2.29 bits per heavy atom. The second kappa shape index (κ2) is 7.08. The number of ether oxygens (including phenoxy) is 1. The van der Waals surface area contributed by atoms with Gasteiger partial charge in [-0.2, -0.15) is 0 Å². The minimum atomic E-state index is -0.122. The van der Waals surface area contributed by atoms with Gasteiger partial charge >= 0.3 is 6.03 Å². The van der Waals surface area contributed by atoms with Crippen molar-refractivity contribution < 1.29 is 9.53 Å². The number of benzene rings is 1. The third-order valence-corrected chi connectivity index (χ3v) is 3.81. The Balaban J connectivity index is 1.87. The highest BCUT2D eigenvalue weighted by molar-refractivity contribution is 7.09. The molecule has 0 atom stereocenters. The summed E-state index contributed by atoms with van der Waals surface area (Å²) in [6.45, 7) is 2.93. The van der Waals surface area contributed by atoms with Crippen LogP contribution in [0.1, 0.15) is 16.3 Å². The van der Waals surface area contributed by atoms with Gasteiger partial charge in [-0.25, -0.2) is 9.78 Å². The molecule has 21 heavy (non-hydrogen) atoms. The maximum absolute atomic E-state index is 12.0. The predicted molar refractivity (Wildman–Crippen MR) is 83.5 cm³/mol. The van der Waals surface area contributed by atoms with E-state index >= 15 is 0 Å². The number of hydrogen-bond donors (Lipinski definition) is 1. The average Bonchev–Trinajstić information content (AvgIpc) is 2.90. The fourth-order valence-corrected chi connectivity index (χ4v) is 2.52. The minimum Gasteiger partial charge on any atom is -0.497 e. The number of rotatable bonds is 5. The van der Waals surface area contributed by atoms with E-state index < -0.39 is 0 Å². The van der Waals surface area contributed by atoms with E-state index in [0.29, 0.717) is 13.1 Å². The van der Waals surface area contributed by atoms with Crippen molar-refractivity contribution in [2.24, 2.45) is 0 Å². The number of aromatic nitrogens is 1. The summed E-state index contributed by atoms with van der Waals surface area (Å²) >= 11 is 1.58. The lowest BCUT2D eigenvalue weighted by Gasteiger charge is -2.18. The molecule has 0 radical (unpaired) electrons.